The molecule has 0 atom stereocenters. The Balaban J connectivity index is 2.55. The minimum absolute atomic E-state index is 0.195. The van der Waals surface area contributed by atoms with E-state index in [4.69, 9.17) is 5.14 Å². The molecule has 1 aromatic heterocycles. The van der Waals surface area contributed by atoms with Gasteiger partial charge in [0.15, 0.2) is 0 Å². The minimum atomic E-state index is -3.75. The van der Waals surface area contributed by atoms with Crippen molar-refractivity contribution >= 4 is 10.0 Å². The molecule has 2 rings (SSSR count). The van der Waals surface area contributed by atoms with E-state index in [0.717, 1.165) is 11.1 Å². The summed E-state index contributed by atoms with van der Waals surface area (Å²) in [6, 6.07) is 8.01. The minimum Gasteiger partial charge on any atom is -0.263 e. The highest BCUT2D eigenvalue weighted by atomic mass is 32.2. The number of nitrogens with two attached hydrogens (primary N) is 1. The maximum absolute atomic E-state index is 11.8. The zero-order valence-corrected chi connectivity index (χ0v) is 13.4. The molecule has 0 aliphatic heterocycles. The predicted octanol–water partition coefficient (Wildman–Crippen LogP) is 2.01. The number of nitrogens with zero attached hydrogens (tertiary/aromatic N) is 2. The fraction of sp³-hybridized carbons (Fsp3) is 0.400. The lowest BCUT2D eigenvalue weighted by atomic mass is 10.1. The largest absolute Gasteiger partial charge is 0.263 e. The normalized spacial score (nSPS) is 11.8. The number of aryl methyl sites for hydroxylation is 2. The smallest absolute Gasteiger partial charge is 0.241 e. The van der Waals surface area contributed by atoms with Crippen LogP contribution in [0, 0.1) is 6.92 Å². The molecule has 1 aromatic carbocycles. The first-order valence-electron chi connectivity index (χ1n) is 7.04. The average Bonchev–Trinajstić information content (AvgIpc) is 2.79. The van der Waals surface area contributed by atoms with Crippen LogP contribution in [0.15, 0.2) is 29.2 Å². The molecule has 0 aliphatic carbocycles. The van der Waals surface area contributed by atoms with Gasteiger partial charge >= 0.3 is 0 Å². The van der Waals surface area contributed by atoms with Gasteiger partial charge in [0.05, 0.1) is 17.9 Å². The molecule has 2 N–H and O–H groups in total. The number of hydrogen-bond acceptors (Lipinski definition) is 3. The molecule has 1 heterocycles. The van der Waals surface area contributed by atoms with Crippen LogP contribution in [0.25, 0.3) is 0 Å². The van der Waals surface area contributed by atoms with Gasteiger partial charge in [-0.05, 0) is 30.9 Å². The molecule has 0 amide bonds. The van der Waals surface area contributed by atoms with Gasteiger partial charge in [0, 0.05) is 0 Å². The SMILES string of the molecule is CCc1nn(Cc2ccccc2C)c(CC)c1S(N)(=O)=O. The third kappa shape index (κ3) is 3.16. The van der Waals surface area contributed by atoms with Crippen molar-refractivity contribution in [2.45, 2.75) is 45.1 Å². The Morgan fingerprint density at radius 1 is 1.19 bits per heavy atom. The van der Waals surface area contributed by atoms with Crippen LogP contribution in [0.2, 0.25) is 0 Å². The standard InChI is InChI=1S/C15H21N3O2S/c1-4-13-15(21(16,19)20)14(5-2)18(17-13)10-12-9-7-6-8-11(12)3/h6-9H,4-5,10H2,1-3H3,(H2,16,19,20). The molecule has 0 radical (unpaired) electrons. The Morgan fingerprint density at radius 3 is 2.38 bits per heavy atom. The Labute approximate surface area is 125 Å². The van der Waals surface area contributed by atoms with E-state index in [0.29, 0.717) is 30.8 Å². The van der Waals surface area contributed by atoms with Gasteiger partial charge in [-0.15, -0.1) is 0 Å². The Hall–Kier alpha value is -1.66. The molecule has 5 nitrogen and oxygen atoms in total. The van der Waals surface area contributed by atoms with Crippen LogP contribution in [0.1, 0.15) is 36.4 Å². The molecular formula is C15H21N3O2S. The van der Waals surface area contributed by atoms with Gasteiger partial charge < -0.3 is 0 Å². The van der Waals surface area contributed by atoms with E-state index in [-0.39, 0.29) is 4.90 Å². The molecule has 2 aromatic rings. The van der Waals surface area contributed by atoms with Crippen LogP contribution < -0.4 is 5.14 Å². The first-order chi connectivity index (χ1) is 9.88. The third-order valence-corrected chi connectivity index (χ3v) is 4.65. The third-order valence-electron chi connectivity index (χ3n) is 3.61. The lowest BCUT2D eigenvalue weighted by molar-refractivity contribution is 0.594. The fourth-order valence-corrected chi connectivity index (χ4v) is 3.61. The summed E-state index contributed by atoms with van der Waals surface area (Å²) in [4.78, 5) is 0.195. The Kier molecular flexibility index (Phi) is 4.49. The van der Waals surface area contributed by atoms with Crippen molar-refractivity contribution in [1.82, 2.24) is 9.78 Å². The van der Waals surface area contributed by atoms with Crippen molar-refractivity contribution in [1.29, 1.82) is 0 Å². The van der Waals surface area contributed by atoms with Crippen molar-refractivity contribution in [3.8, 4) is 0 Å². The molecular weight excluding hydrogens is 286 g/mol. The summed E-state index contributed by atoms with van der Waals surface area (Å²) in [6.45, 7) is 6.39. The van der Waals surface area contributed by atoms with Gasteiger partial charge in [0.25, 0.3) is 0 Å². The number of hydrogen-bond donors (Lipinski definition) is 1. The van der Waals surface area contributed by atoms with Crippen LogP contribution in [-0.4, -0.2) is 18.2 Å². The summed E-state index contributed by atoms with van der Waals surface area (Å²) in [5.74, 6) is 0. The second-order valence-electron chi connectivity index (χ2n) is 5.06. The molecule has 0 unspecified atom stereocenters. The van der Waals surface area contributed by atoms with Gasteiger partial charge in [-0.1, -0.05) is 38.1 Å². The van der Waals surface area contributed by atoms with E-state index >= 15 is 0 Å². The van der Waals surface area contributed by atoms with Crippen LogP contribution >= 0.6 is 0 Å². The zero-order valence-electron chi connectivity index (χ0n) is 12.6. The van der Waals surface area contributed by atoms with Crippen molar-refractivity contribution < 1.29 is 8.42 Å². The van der Waals surface area contributed by atoms with E-state index < -0.39 is 10.0 Å². The van der Waals surface area contributed by atoms with Crippen LogP contribution in [-0.2, 0) is 29.4 Å². The molecule has 6 heteroatoms. The monoisotopic (exact) mass is 307 g/mol. The fourth-order valence-electron chi connectivity index (χ4n) is 2.52. The summed E-state index contributed by atoms with van der Waals surface area (Å²) < 4.78 is 25.5. The molecule has 114 valence electrons. The second-order valence-corrected chi connectivity index (χ2v) is 6.56. The topological polar surface area (TPSA) is 78.0 Å². The van der Waals surface area contributed by atoms with E-state index in [1.54, 1.807) is 4.68 Å². The lowest BCUT2D eigenvalue weighted by Gasteiger charge is -2.09. The first kappa shape index (κ1) is 15.7. The summed E-state index contributed by atoms with van der Waals surface area (Å²) in [6.07, 6.45) is 1.12. The van der Waals surface area contributed by atoms with Gasteiger partial charge in [0.1, 0.15) is 4.90 Å². The highest BCUT2D eigenvalue weighted by Crippen LogP contribution is 2.22. The first-order valence-corrected chi connectivity index (χ1v) is 8.59. The number of aromatic nitrogens is 2. The number of rotatable bonds is 5. The predicted molar refractivity (Wildman–Crippen MR) is 82.6 cm³/mol. The van der Waals surface area contributed by atoms with Crippen LogP contribution in [0.3, 0.4) is 0 Å². The summed E-state index contributed by atoms with van der Waals surface area (Å²) in [7, 11) is -3.75. The van der Waals surface area contributed by atoms with E-state index in [9.17, 15) is 8.42 Å². The molecule has 0 fully saturated rings. The molecule has 0 spiro atoms. The molecule has 0 saturated heterocycles. The van der Waals surface area contributed by atoms with Crippen molar-refractivity contribution in [3.63, 3.8) is 0 Å². The van der Waals surface area contributed by atoms with E-state index in [2.05, 4.69) is 5.10 Å². The van der Waals surface area contributed by atoms with Crippen molar-refractivity contribution in [2.24, 2.45) is 5.14 Å². The van der Waals surface area contributed by atoms with Gasteiger partial charge in [0.2, 0.25) is 10.0 Å². The number of benzene rings is 1. The number of sulfonamides is 1. The number of primary sulfonamides is 1. The Morgan fingerprint density at radius 2 is 1.86 bits per heavy atom. The lowest BCUT2D eigenvalue weighted by Crippen LogP contribution is -2.16. The maximum Gasteiger partial charge on any atom is 0.241 e. The Bertz CT molecular complexity index is 748. The maximum atomic E-state index is 11.8. The quantitative estimate of drug-likeness (QED) is 0.918. The average molecular weight is 307 g/mol. The van der Waals surface area contributed by atoms with E-state index in [1.165, 1.54) is 0 Å². The van der Waals surface area contributed by atoms with Gasteiger partial charge in [-0.3, -0.25) is 4.68 Å². The molecule has 21 heavy (non-hydrogen) atoms. The summed E-state index contributed by atoms with van der Waals surface area (Å²) >= 11 is 0. The van der Waals surface area contributed by atoms with E-state index in [1.807, 2.05) is 45.0 Å². The summed E-state index contributed by atoms with van der Waals surface area (Å²) in [5.41, 5.74) is 3.50. The second kappa shape index (κ2) is 5.99. The molecule has 0 bridgehead atoms. The highest BCUT2D eigenvalue weighted by molar-refractivity contribution is 7.89. The van der Waals surface area contributed by atoms with Crippen LogP contribution in [0.4, 0.5) is 0 Å². The highest BCUT2D eigenvalue weighted by Gasteiger charge is 2.24. The zero-order chi connectivity index (χ0) is 15.6. The molecule has 0 saturated carbocycles. The van der Waals surface area contributed by atoms with Crippen molar-refractivity contribution in [2.75, 3.05) is 0 Å². The summed E-state index contributed by atoms with van der Waals surface area (Å²) in [5, 5.41) is 9.82. The van der Waals surface area contributed by atoms with Crippen LogP contribution in [0.5, 0.6) is 0 Å². The van der Waals surface area contributed by atoms with Gasteiger partial charge in [-0.2, -0.15) is 5.10 Å². The van der Waals surface area contributed by atoms with Crippen molar-refractivity contribution in [3.05, 3.63) is 46.8 Å². The van der Waals surface area contributed by atoms with Gasteiger partial charge in [-0.25, -0.2) is 13.6 Å². The molecule has 0 aliphatic rings.